The molecule has 3 aromatic carbocycles. The topological polar surface area (TPSA) is 119 Å². The molecule has 4 N–H and O–H groups in total. The zero-order valence-corrected chi connectivity index (χ0v) is 19.2. The molecule has 1 unspecified atom stereocenters. The molecule has 0 aliphatic carbocycles. The highest BCUT2D eigenvalue weighted by Gasteiger charge is 2.23. The summed E-state index contributed by atoms with van der Waals surface area (Å²) in [5.41, 5.74) is 14.5. The van der Waals surface area contributed by atoms with E-state index in [4.69, 9.17) is 20.7 Å². The van der Waals surface area contributed by atoms with Crippen LogP contribution in [0.25, 0.3) is 17.2 Å². The normalized spacial score (nSPS) is 14.4. The Morgan fingerprint density at radius 2 is 1.88 bits per heavy atom. The SMILES string of the molecule is COc1cc(NC2=Nc3c(-c4c(C)cc(/C=C/C#N)cc4C)cccc3C(N)N2)ccc1C#N. The molecular formula is C27H24N6O. The van der Waals surface area contributed by atoms with E-state index >= 15 is 0 Å². The molecule has 0 radical (unpaired) electrons. The number of nitrogens with one attached hydrogen (secondary N) is 2. The summed E-state index contributed by atoms with van der Waals surface area (Å²) in [5.74, 6) is 0.981. The number of rotatable bonds is 4. The summed E-state index contributed by atoms with van der Waals surface area (Å²) in [6, 6.07) is 19.5. The minimum absolute atomic E-state index is 0.450. The van der Waals surface area contributed by atoms with Gasteiger partial charge in [-0.05, 0) is 54.3 Å². The molecule has 1 aliphatic heterocycles. The van der Waals surface area contributed by atoms with E-state index in [1.54, 1.807) is 24.3 Å². The average Bonchev–Trinajstić information content (AvgIpc) is 2.82. The first kappa shape index (κ1) is 22.6. The van der Waals surface area contributed by atoms with E-state index < -0.39 is 6.17 Å². The largest absolute Gasteiger partial charge is 0.495 e. The second-order valence-electron chi connectivity index (χ2n) is 7.97. The van der Waals surface area contributed by atoms with Gasteiger partial charge in [-0.2, -0.15) is 10.5 Å². The maximum Gasteiger partial charge on any atom is 0.202 e. The quantitative estimate of drug-likeness (QED) is 0.481. The molecule has 0 spiro atoms. The lowest BCUT2D eigenvalue weighted by Gasteiger charge is -2.27. The van der Waals surface area contributed by atoms with Crippen LogP contribution in [0, 0.1) is 36.5 Å². The van der Waals surface area contributed by atoms with Crippen LogP contribution in [-0.4, -0.2) is 13.1 Å². The van der Waals surface area contributed by atoms with Gasteiger partial charge in [0, 0.05) is 29.0 Å². The number of anilines is 1. The molecule has 34 heavy (non-hydrogen) atoms. The second-order valence-corrected chi connectivity index (χ2v) is 7.97. The van der Waals surface area contributed by atoms with Gasteiger partial charge in [0.1, 0.15) is 18.0 Å². The molecule has 0 aromatic heterocycles. The third-order valence-corrected chi connectivity index (χ3v) is 5.68. The molecule has 7 heteroatoms. The van der Waals surface area contributed by atoms with Gasteiger partial charge >= 0.3 is 0 Å². The van der Waals surface area contributed by atoms with Crippen molar-refractivity contribution in [3.63, 3.8) is 0 Å². The number of hydrogen-bond acceptors (Lipinski definition) is 7. The number of nitriles is 2. The van der Waals surface area contributed by atoms with E-state index in [2.05, 4.69) is 42.7 Å². The summed E-state index contributed by atoms with van der Waals surface area (Å²) >= 11 is 0. The van der Waals surface area contributed by atoms with Crippen molar-refractivity contribution in [1.29, 1.82) is 10.5 Å². The monoisotopic (exact) mass is 448 g/mol. The molecule has 0 fully saturated rings. The highest BCUT2D eigenvalue weighted by Crippen LogP contribution is 2.40. The fourth-order valence-corrected chi connectivity index (χ4v) is 4.22. The Hall–Kier alpha value is -4.59. The Kier molecular flexibility index (Phi) is 6.31. The molecule has 1 aliphatic rings. The number of aliphatic imine (C=N–C) groups is 1. The van der Waals surface area contributed by atoms with Gasteiger partial charge in [-0.3, -0.25) is 0 Å². The van der Waals surface area contributed by atoms with E-state index in [0.717, 1.165) is 44.8 Å². The molecule has 0 saturated heterocycles. The maximum absolute atomic E-state index is 9.23. The molecule has 1 heterocycles. The molecule has 1 atom stereocenters. The van der Waals surface area contributed by atoms with Crippen molar-refractivity contribution in [1.82, 2.24) is 5.32 Å². The van der Waals surface area contributed by atoms with Crippen LogP contribution in [0.5, 0.6) is 5.75 Å². The lowest BCUT2D eigenvalue weighted by atomic mass is 9.90. The third-order valence-electron chi connectivity index (χ3n) is 5.68. The fraction of sp³-hybridized carbons (Fsp3) is 0.148. The number of nitrogens with two attached hydrogens (primary N) is 1. The predicted molar refractivity (Wildman–Crippen MR) is 134 cm³/mol. The van der Waals surface area contributed by atoms with Crippen LogP contribution in [0.15, 0.2) is 59.6 Å². The van der Waals surface area contributed by atoms with Crippen molar-refractivity contribution in [2.24, 2.45) is 10.7 Å². The summed E-state index contributed by atoms with van der Waals surface area (Å²) in [4.78, 5) is 4.87. The van der Waals surface area contributed by atoms with Gasteiger partial charge in [0.05, 0.1) is 24.4 Å². The number of benzene rings is 3. The van der Waals surface area contributed by atoms with E-state index in [9.17, 15) is 5.26 Å². The van der Waals surface area contributed by atoms with E-state index in [1.165, 1.54) is 13.2 Å². The van der Waals surface area contributed by atoms with Gasteiger partial charge in [0.25, 0.3) is 0 Å². The smallest absolute Gasteiger partial charge is 0.202 e. The first-order chi connectivity index (χ1) is 16.4. The summed E-state index contributed by atoms with van der Waals surface area (Å²) in [7, 11) is 1.53. The van der Waals surface area contributed by atoms with E-state index in [1.807, 2.05) is 24.3 Å². The number of nitrogens with zero attached hydrogens (tertiary/aromatic N) is 3. The van der Waals surface area contributed by atoms with Gasteiger partial charge in [0.15, 0.2) is 0 Å². The lowest BCUT2D eigenvalue weighted by molar-refractivity contribution is 0.413. The molecule has 0 amide bonds. The van der Waals surface area contributed by atoms with Crippen LogP contribution in [0.1, 0.15) is 34.0 Å². The summed E-state index contributed by atoms with van der Waals surface area (Å²) in [6.45, 7) is 4.11. The number of methoxy groups -OCH3 is 1. The number of hydrogen-bond donors (Lipinski definition) is 3. The summed E-state index contributed by atoms with van der Waals surface area (Å²) in [5, 5.41) is 24.5. The van der Waals surface area contributed by atoms with Gasteiger partial charge < -0.3 is 21.1 Å². The number of aryl methyl sites for hydroxylation is 2. The van der Waals surface area contributed by atoms with Crippen molar-refractivity contribution in [3.8, 4) is 29.0 Å². The number of para-hydroxylation sites is 1. The Bertz CT molecular complexity index is 1380. The lowest BCUT2D eigenvalue weighted by Crippen LogP contribution is -2.40. The molecule has 3 aromatic rings. The fourth-order valence-electron chi connectivity index (χ4n) is 4.22. The van der Waals surface area contributed by atoms with Crippen molar-refractivity contribution in [2.75, 3.05) is 12.4 Å². The Balaban J connectivity index is 1.77. The van der Waals surface area contributed by atoms with Crippen LogP contribution in [-0.2, 0) is 0 Å². The second kappa shape index (κ2) is 9.50. The molecule has 0 saturated carbocycles. The standard InChI is InChI=1S/C27H24N6O/c1-16-12-18(6-5-11-28)13-17(2)24(16)21-7-4-8-22-25(21)32-27(33-26(22)30)31-20-10-9-19(15-29)23(14-20)34-3/h4-10,12-14,26H,30H2,1-3H3,(H2,31,32,33)/b6-5+. The van der Waals surface area contributed by atoms with Crippen LogP contribution < -0.4 is 21.1 Å². The van der Waals surface area contributed by atoms with Crippen molar-refractivity contribution in [3.05, 3.63) is 82.4 Å². The van der Waals surface area contributed by atoms with E-state index in [-0.39, 0.29) is 0 Å². The van der Waals surface area contributed by atoms with Gasteiger partial charge in [-0.15, -0.1) is 0 Å². The van der Waals surface area contributed by atoms with E-state index in [0.29, 0.717) is 17.3 Å². The zero-order valence-electron chi connectivity index (χ0n) is 19.2. The molecule has 168 valence electrons. The Labute approximate surface area is 198 Å². The first-order valence-electron chi connectivity index (χ1n) is 10.7. The van der Waals surface area contributed by atoms with Crippen molar-refractivity contribution >= 4 is 23.4 Å². The van der Waals surface area contributed by atoms with Gasteiger partial charge in [0.2, 0.25) is 5.96 Å². The van der Waals surface area contributed by atoms with Crippen LogP contribution in [0.2, 0.25) is 0 Å². The van der Waals surface area contributed by atoms with Gasteiger partial charge in [-0.1, -0.05) is 30.3 Å². The number of guanidine groups is 1. The van der Waals surface area contributed by atoms with Crippen LogP contribution in [0.3, 0.4) is 0 Å². The first-order valence-corrected chi connectivity index (χ1v) is 10.7. The van der Waals surface area contributed by atoms with Crippen molar-refractivity contribution < 1.29 is 4.74 Å². The number of allylic oxidation sites excluding steroid dienone is 1. The van der Waals surface area contributed by atoms with Crippen molar-refractivity contribution in [2.45, 2.75) is 20.0 Å². The minimum Gasteiger partial charge on any atom is -0.495 e. The number of fused-ring (bicyclic) bond motifs is 1. The highest BCUT2D eigenvalue weighted by molar-refractivity contribution is 5.99. The average molecular weight is 449 g/mol. The molecule has 0 bridgehead atoms. The Morgan fingerprint density at radius 3 is 2.56 bits per heavy atom. The molecule has 4 rings (SSSR count). The van der Waals surface area contributed by atoms with Crippen LogP contribution >= 0.6 is 0 Å². The number of ether oxygens (including phenoxy) is 1. The molecular weight excluding hydrogens is 424 g/mol. The minimum atomic E-state index is -0.450. The predicted octanol–water partition coefficient (Wildman–Crippen LogP) is 5.05. The van der Waals surface area contributed by atoms with Gasteiger partial charge in [-0.25, -0.2) is 4.99 Å². The summed E-state index contributed by atoms with van der Waals surface area (Å²) < 4.78 is 5.31. The highest BCUT2D eigenvalue weighted by atomic mass is 16.5. The summed E-state index contributed by atoms with van der Waals surface area (Å²) in [6.07, 6.45) is 2.83. The maximum atomic E-state index is 9.23. The zero-order chi connectivity index (χ0) is 24.2. The molecule has 7 nitrogen and oxygen atoms in total. The third kappa shape index (κ3) is 4.33. The van der Waals surface area contributed by atoms with Crippen LogP contribution in [0.4, 0.5) is 11.4 Å². The Morgan fingerprint density at radius 1 is 1.12 bits per heavy atom.